The smallest absolute Gasteiger partial charge is 0.291 e. The SMILES string of the molecule is Cn1c(=O)c2c([nH]c(=O)n2C)n(C)c1=O.[Na]. The van der Waals surface area contributed by atoms with E-state index in [0.29, 0.717) is 0 Å². The number of rotatable bonds is 0. The Bertz CT molecular complexity index is 718. The summed E-state index contributed by atoms with van der Waals surface area (Å²) in [6.07, 6.45) is 0. The van der Waals surface area contributed by atoms with E-state index in [1.54, 1.807) is 0 Å². The molecule has 0 aliphatic rings. The fraction of sp³-hybridized carbons (Fsp3) is 0.375. The van der Waals surface area contributed by atoms with Gasteiger partial charge < -0.3 is 0 Å². The fourth-order valence-electron chi connectivity index (χ4n) is 1.56. The van der Waals surface area contributed by atoms with Crippen molar-refractivity contribution in [3.05, 3.63) is 31.3 Å². The number of hydrogen-bond acceptors (Lipinski definition) is 3. The summed E-state index contributed by atoms with van der Waals surface area (Å²) in [4.78, 5) is 37.0. The van der Waals surface area contributed by atoms with Crippen LogP contribution in [-0.2, 0) is 21.1 Å². The van der Waals surface area contributed by atoms with Gasteiger partial charge in [-0.25, -0.2) is 9.59 Å². The Morgan fingerprint density at radius 2 is 1.50 bits per heavy atom. The number of H-pyrrole nitrogens is 1. The summed E-state index contributed by atoms with van der Waals surface area (Å²) in [6, 6.07) is 0. The largest absolute Gasteiger partial charge is 0.332 e. The molecule has 2 rings (SSSR count). The van der Waals surface area contributed by atoms with Crippen molar-refractivity contribution in [2.45, 2.75) is 0 Å². The van der Waals surface area contributed by atoms with Crippen molar-refractivity contribution in [2.24, 2.45) is 21.1 Å². The van der Waals surface area contributed by atoms with Crippen LogP contribution in [0.15, 0.2) is 14.4 Å². The standard InChI is InChI=1S/C8H10N4O3.Na/c1-10-4-5(9-7(10)14)11(2)8(15)12(3)6(4)13;/h1-3H3,(H,9,14);. The molecule has 0 spiro atoms. The molecular formula is C8H10N4NaO3. The molecule has 16 heavy (non-hydrogen) atoms. The third-order valence-corrected chi connectivity index (χ3v) is 2.51. The summed E-state index contributed by atoms with van der Waals surface area (Å²) >= 11 is 0. The van der Waals surface area contributed by atoms with Gasteiger partial charge in [0.1, 0.15) is 5.65 Å². The molecule has 0 unspecified atom stereocenters. The summed E-state index contributed by atoms with van der Waals surface area (Å²) in [5.41, 5.74) is -0.910. The van der Waals surface area contributed by atoms with E-state index in [1.807, 2.05) is 0 Å². The van der Waals surface area contributed by atoms with Crippen LogP contribution in [0.2, 0.25) is 0 Å². The topological polar surface area (TPSA) is 81.8 Å². The summed E-state index contributed by atoms with van der Waals surface area (Å²) in [7, 11) is 4.36. The summed E-state index contributed by atoms with van der Waals surface area (Å²) in [6.45, 7) is 0. The predicted octanol–water partition coefficient (Wildman–Crippen LogP) is -2.12. The first-order valence-corrected chi connectivity index (χ1v) is 4.30. The van der Waals surface area contributed by atoms with Gasteiger partial charge in [-0.2, -0.15) is 0 Å². The van der Waals surface area contributed by atoms with E-state index in [2.05, 4.69) is 4.98 Å². The molecule has 0 fully saturated rings. The van der Waals surface area contributed by atoms with Gasteiger partial charge in [0, 0.05) is 50.7 Å². The zero-order chi connectivity index (χ0) is 11.3. The van der Waals surface area contributed by atoms with Crippen molar-refractivity contribution >= 4 is 40.7 Å². The van der Waals surface area contributed by atoms with E-state index in [1.165, 1.54) is 30.3 Å². The Kier molecular flexibility index (Phi) is 3.32. The van der Waals surface area contributed by atoms with E-state index < -0.39 is 16.9 Å². The Morgan fingerprint density at radius 3 is 2.06 bits per heavy atom. The zero-order valence-electron chi connectivity index (χ0n) is 9.57. The molecular weight excluding hydrogens is 223 g/mol. The fourth-order valence-corrected chi connectivity index (χ4v) is 1.56. The van der Waals surface area contributed by atoms with Gasteiger partial charge in [0.05, 0.1) is 0 Å². The van der Waals surface area contributed by atoms with Crippen LogP contribution in [0.25, 0.3) is 11.2 Å². The van der Waals surface area contributed by atoms with Gasteiger partial charge in [-0.05, 0) is 0 Å². The molecule has 7 nitrogen and oxygen atoms in total. The van der Waals surface area contributed by atoms with Crippen LogP contribution in [0, 0.1) is 0 Å². The summed E-state index contributed by atoms with van der Waals surface area (Å²) < 4.78 is 3.39. The van der Waals surface area contributed by atoms with Gasteiger partial charge in [-0.15, -0.1) is 0 Å². The van der Waals surface area contributed by atoms with E-state index >= 15 is 0 Å². The van der Waals surface area contributed by atoms with Crippen LogP contribution < -0.4 is 16.9 Å². The number of nitrogens with zero attached hydrogens (tertiary/aromatic N) is 3. The Hall–Kier alpha value is -1.05. The molecule has 0 bridgehead atoms. The Balaban J connectivity index is 0.00000128. The van der Waals surface area contributed by atoms with Gasteiger partial charge in [-0.1, -0.05) is 0 Å². The quantitative estimate of drug-likeness (QED) is 0.528. The van der Waals surface area contributed by atoms with Crippen molar-refractivity contribution in [3.63, 3.8) is 0 Å². The maximum absolute atomic E-state index is 11.7. The molecule has 0 saturated heterocycles. The number of nitrogens with one attached hydrogen (secondary N) is 1. The third kappa shape index (κ3) is 1.51. The minimum Gasteiger partial charge on any atom is -0.291 e. The van der Waals surface area contributed by atoms with Crippen LogP contribution in [-0.4, -0.2) is 48.2 Å². The molecule has 0 aliphatic heterocycles. The molecule has 81 valence electrons. The molecule has 0 amide bonds. The van der Waals surface area contributed by atoms with Crippen LogP contribution in [0.4, 0.5) is 0 Å². The minimum atomic E-state index is -0.478. The molecule has 2 aromatic heterocycles. The number of aromatic amines is 1. The van der Waals surface area contributed by atoms with Crippen LogP contribution in [0.3, 0.4) is 0 Å². The molecule has 0 atom stereocenters. The molecule has 0 saturated carbocycles. The average Bonchev–Trinajstić information content (AvgIpc) is 2.50. The van der Waals surface area contributed by atoms with Gasteiger partial charge in [0.2, 0.25) is 0 Å². The summed E-state index contributed by atoms with van der Waals surface area (Å²) in [5.74, 6) is 0. The van der Waals surface area contributed by atoms with Gasteiger partial charge in [0.15, 0.2) is 5.52 Å². The van der Waals surface area contributed by atoms with Crippen molar-refractivity contribution in [1.29, 1.82) is 0 Å². The third-order valence-electron chi connectivity index (χ3n) is 2.51. The molecule has 2 aromatic rings. The number of hydrogen-bond donors (Lipinski definition) is 1. The second-order valence-electron chi connectivity index (χ2n) is 3.39. The zero-order valence-corrected chi connectivity index (χ0v) is 11.6. The van der Waals surface area contributed by atoms with Gasteiger partial charge >= 0.3 is 11.4 Å². The van der Waals surface area contributed by atoms with Crippen molar-refractivity contribution < 1.29 is 0 Å². The maximum Gasteiger partial charge on any atom is 0.332 e. The van der Waals surface area contributed by atoms with E-state index in [4.69, 9.17) is 0 Å². The van der Waals surface area contributed by atoms with Gasteiger partial charge in [0.25, 0.3) is 5.56 Å². The molecule has 0 aromatic carbocycles. The summed E-state index contributed by atoms with van der Waals surface area (Å²) in [5, 5.41) is 0. The van der Waals surface area contributed by atoms with Crippen molar-refractivity contribution in [3.8, 4) is 0 Å². The van der Waals surface area contributed by atoms with Crippen molar-refractivity contribution in [2.75, 3.05) is 0 Å². The second-order valence-corrected chi connectivity index (χ2v) is 3.39. The molecule has 1 radical (unpaired) electrons. The predicted molar refractivity (Wildman–Crippen MR) is 59.8 cm³/mol. The molecule has 2 heterocycles. The monoisotopic (exact) mass is 233 g/mol. The first kappa shape index (κ1) is 13.0. The first-order chi connectivity index (χ1) is 6.95. The van der Waals surface area contributed by atoms with E-state index in [-0.39, 0.29) is 40.7 Å². The number of fused-ring (bicyclic) bond motifs is 1. The van der Waals surface area contributed by atoms with Crippen LogP contribution in [0.1, 0.15) is 0 Å². The maximum atomic E-state index is 11.7. The van der Waals surface area contributed by atoms with Crippen LogP contribution >= 0.6 is 0 Å². The van der Waals surface area contributed by atoms with Gasteiger partial charge in [-0.3, -0.25) is 23.5 Å². The molecule has 8 heteroatoms. The average molecular weight is 233 g/mol. The number of aromatic nitrogens is 4. The van der Waals surface area contributed by atoms with E-state index in [9.17, 15) is 14.4 Å². The number of imidazole rings is 1. The molecule has 0 aliphatic carbocycles. The number of aryl methyl sites for hydroxylation is 2. The second kappa shape index (κ2) is 4.08. The Morgan fingerprint density at radius 1 is 0.938 bits per heavy atom. The minimum absolute atomic E-state index is 0. The van der Waals surface area contributed by atoms with Crippen molar-refractivity contribution in [1.82, 2.24) is 18.7 Å². The Labute approximate surface area is 112 Å². The normalized spacial score (nSPS) is 10.4. The van der Waals surface area contributed by atoms with E-state index in [0.717, 1.165) is 4.57 Å². The molecule has 1 N–H and O–H groups in total. The first-order valence-electron chi connectivity index (χ1n) is 4.30. The van der Waals surface area contributed by atoms with Crippen LogP contribution in [0.5, 0.6) is 0 Å².